The number of pyridine rings is 1. The highest BCUT2D eigenvalue weighted by atomic mass is 32.2. The molecule has 2 heterocycles. The van der Waals surface area contributed by atoms with Crippen LogP contribution in [-0.4, -0.2) is 30.8 Å². The zero-order chi connectivity index (χ0) is 22.4. The molecule has 0 atom stereocenters. The normalized spacial score (nSPS) is 15.2. The molecule has 1 aliphatic rings. The lowest BCUT2D eigenvalue weighted by molar-refractivity contribution is 0.273. The molecule has 0 unspecified atom stereocenters. The van der Waals surface area contributed by atoms with E-state index in [1.54, 1.807) is 28.8 Å². The molecule has 1 aromatic heterocycles. The summed E-state index contributed by atoms with van der Waals surface area (Å²) in [5.41, 5.74) is 2.82. The summed E-state index contributed by atoms with van der Waals surface area (Å²) < 4.78 is 33.1. The number of sulfonamides is 1. The van der Waals surface area contributed by atoms with Crippen LogP contribution in [0.2, 0.25) is 0 Å². The van der Waals surface area contributed by atoms with Gasteiger partial charge in [-0.2, -0.15) is 9.57 Å². The summed E-state index contributed by atoms with van der Waals surface area (Å²) in [6.45, 7) is 1.55. The van der Waals surface area contributed by atoms with Crippen LogP contribution in [0.1, 0.15) is 29.5 Å². The molecule has 0 spiro atoms. The molecule has 32 heavy (non-hydrogen) atoms. The highest BCUT2D eigenvalue weighted by Crippen LogP contribution is 2.26. The molecule has 0 aliphatic carbocycles. The molecule has 0 bridgehead atoms. The Balaban J connectivity index is 1.28. The van der Waals surface area contributed by atoms with Crippen LogP contribution in [0.3, 0.4) is 0 Å². The Morgan fingerprint density at radius 2 is 1.56 bits per heavy atom. The van der Waals surface area contributed by atoms with E-state index in [2.05, 4.69) is 29.2 Å². The fourth-order valence-corrected chi connectivity index (χ4v) is 5.38. The molecule has 0 radical (unpaired) electrons. The van der Waals surface area contributed by atoms with Crippen LogP contribution in [0, 0.1) is 17.2 Å². The van der Waals surface area contributed by atoms with Gasteiger partial charge in [0.05, 0.1) is 16.5 Å². The minimum absolute atomic E-state index is 0.250. The second kappa shape index (κ2) is 9.94. The number of piperidine rings is 1. The molecule has 0 amide bonds. The Morgan fingerprint density at radius 1 is 0.938 bits per heavy atom. The van der Waals surface area contributed by atoms with Crippen LogP contribution in [-0.2, 0) is 23.1 Å². The van der Waals surface area contributed by atoms with Crippen LogP contribution < -0.4 is 4.74 Å². The first-order chi connectivity index (χ1) is 15.5. The largest absolute Gasteiger partial charge is 0.489 e. The molecule has 3 aromatic rings. The maximum Gasteiger partial charge on any atom is 0.243 e. The minimum atomic E-state index is -3.51. The van der Waals surface area contributed by atoms with E-state index >= 15 is 0 Å². The zero-order valence-electron chi connectivity index (χ0n) is 17.7. The van der Waals surface area contributed by atoms with Crippen molar-refractivity contribution in [1.82, 2.24) is 9.29 Å². The van der Waals surface area contributed by atoms with Crippen molar-refractivity contribution in [1.29, 1.82) is 5.26 Å². The molecular formula is C25H25N3O3S. The van der Waals surface area contributed by atoms with E-state index in [1.807, 2.05) is 18.2 Å². The lowest BCUT2D eigenvalue weighted by Gasteiger charge is -2.31. The quantitative estimate of drug-likeness (QED) is 0.543. The van der Waals surface area contributed by atoms with Crippen molar-refractivity contribution in [2.24, 2.45) is 5.92 Å². The number of aromatic nitrogens is 1. The van der Waals surface area contributed by atoms with Gasteiger partial charge in [-0.3, -0.25) is 4.98 Å². The Labute approximate surface area is 189 Å². The SMILES string of the molecule is N#Cc1ccc(S(=O)(=O)N2CCC(Cc3ccc(COc4ccncc4)cc3)CC2)cc1. The standard InChI is InChI=1S/C25H25N3O3S/c26-18-22-5-7-25(8-6-22)32(29,30)28-15-11-21(12-16-28)17-20-1-3-23(4-2-20)19-31-24-9-13-27-14-10-24/h1-10,13-14,21H,11-12,15-17,19H2. The molecule has 2 aromatic carbocycles. The van der Waals surface area contributed by atoms with Gasteiger partial charge in [-0.15, -0.1) is 0 Å². The first kappa shape index (κ1) is 22.0. The summed E-state index contributed by atoms with van der Waals surface area (Å²) in [4.78, 5) is 4.23. The summed E-state index contributed by atoms with van der Waals surface area (Å²) in [7, 11) is -3.51. The van der Waals surface area contributed by atoms with Gasteiger partial charge in [0.2, 0.25) is 10.0 Å². The number of hydrogen-bond donors (Lipinski definition) is 0. The predicted molar refractivity (Wildman–Crippen MR) is 121 cm³/mol. The molecule has 0 N–H and O–H groups in total. The van der Waals surface area contributed by atoms with Gasteiger partial charge in [-0.05, 0) is 72.7 Å². The Hall–Kier alpha value is -3.21. The van der Waals surface area contributed by atoms with Crippen LogP contribution in [0.25, 0.3) is 0 Å². The second-order valence-electron chi connectivity index (χ2n) is 7.98. The molecule has 6 nitrogen and oxygen atoms in total. The lowest BCUT2D eigenvalue weighted by atomic mass is 9.91. The number of nitrogens with zero attached hydrogens (tertiary/aromatic N) is 3. The van der Waals surface area contributed by atoms with Crippen LogP contribution in [0.4, 0.5) is 0 Å². The third kappa shape index (κ3) is 5.34. The molecular weight excluding hydrogens is 422 g/mol. The van der Waals surface area contributed by atoms with E-state index in [9.17, 15) is 8.42 Å². The van der Waals surface area contributed by atoms with E-state index in [0.29, 0.717) is 31.2 Å². The van der Waals surface area contributed by atoms with Crippen molar-refractivity contribution in [3.05, 3.63) is 89.7 Å². The minimum Gasteiger partial charge on any atom is -0.489 e. The highest BCUT2D eigenvalue weighted by molar-refractivity contribution is 7.89. The van der Waals surface area contributed by atoms with Gasteiger partial charge in [-0.25, -0.2) is 8.42 Å². The highest BCUT2D eigenvalue weighted by Gasteiger charge is 2.29. The van der Waals surface area contributed by atoms with Crippen LogP contribution >= 0.6 is 0 Å². The van der Waals surface area contributed by atoms with Gasteiger partial charge in [0.15, 0.2) is 0 Å². The fourth-order valence-electron chi connectivity index (χ4n) is 3.91. The van der Waals surface area contributed by atoms with Gasteiger partial charge >= 0.3 is 0 Å². The van der Waals surface area contributed by atoms with E-state index in [0.717, 1.165) is 30.6 Å². The van der Waals surface area contributed by atoms with Crippen molar-refractivity contribution in [2.75, 3.05) is 13.1 Å². The first-order valence-electron chi connectivity index (χ1n) is 10.7. The van der Waals surface area contributed by atoms with E-state index < -0.39 is 10.0 Å². The van der Waals surface area contributed by atoms with Crippen molar-refractivity contribution in [3.8, 4) is 11.8 Å². The van der Waals surface area contributed by atoms with E-state index in [4.69, 9.17) is 10.00 Å². The number of nitriles is 1. The smallest absolute Gasteiger partial charge is 0.243 e. The van der Waals surface area contributed by atoms with Gasteiger partial charge < -0.3 is 4.74 Å². The Kier molecular flexibility index (Phi) is 6.84. The van der Waals surface area contributed by atoms with Crippen molar-refractivity contribution >= 4 is 10.0 Å². The van der Waals surface area contributed by atoms with Gasteiger partial charge in [0.1, 0.15) is 12.4 Å². The number of benzene rings is 2. The summed E-state index contributed by atoms with van der Waals surface area (Å²) in [6, 6.07) is 20.2. The molecule has 4 rings (SSSR count). The van der Waals surface area contributed by atoms with Gasteiger partial charge in [-0.1, -0.05) is 24.3 Å². The maximum atomic E-state index is 12.9. The van der Waals surface area contributed by atoms with E-state index in [1.165, 1.54) is 17.7 Å². The maximum absolute atomic E-state index is 12.9. The summed E-state index contributed by atoms with van der Waals surface area (Å²) in [5.74, 6) is 1.26. The van der Waals surface area contributed by atoms with Crippen LogP contribution in [0.15, 0.2) is 78.0 Å². The second-order valence-corrected chi connectivity index (χ2v) is 9.91. The molecule has 1 saturated heterocycles. The van der Waals surface area contributed by atoms with Crippen LogP contribution in [0.5, 0.6) is 5.75 Å². The van der Waals surface area contributed by atoms with Gasteiger partial charge in [0.25, 0.3) is 0 Å². The van der Waals surface area contributed by atoms with Gasteiger partial charge in [0, 0.05) is 25.5 Å². The molecule has 1 aliphatic heterocycles. The van der Waals surface area contributed by atoms with E-state index in [-0.39, 0.29) is 4.90 Å². The van der Waals surface area contributed by atoms with Crippen molar-refractivity contribution < 1.29 is 13.2 Å². The summed E-state index contributed by atoms with van der Waals surface area (Å²) in [6.07, 6.45) is 6.03. The first-order valence-corrected chi connectivity index (χ1v) is 12.1. The molecule has 0 saturated carbocycles. The average Bonchev–Trinajstić information content (AvgIpc) is 2.85. The monoisotopic (exact) mass is 447 g/mol. The molecule has 1 fully saturated rings. The third-order valence-electron chi connectivity index (χ3n) is 5.80. The zero-order valence-corrected chi connectivity index (χ0v) is 18.5. The summed E-state index contributed by atoms with van der Waals surface area (Å²) >= 11 is 0. The Morgan fingerprint density at radius 3 is 2.19 bits per heavy atom. The average molecular weight is 448 g/mol. The lowest BCUT2D eigenvalue weighted by Crippen LogP contribution is -2.38. The van der Waals surface area contributed by atoms with Crippen molar-refractivity contribution in [3.63, 3.8) is 0 Å². The molecule has 7 heteroatoms. The third-order valence-corrected chi connectivity index (χ3v) is 7.71. The number of hydrogen-bond acceptors (Lipinski definition) is 5. The van der Waals surface area contributed by atoms with Crippen molar-refractivity contribution in [2.45, 2.75) is 30.8 Å². The molecule has 164 valence electrons. The fraction of sp³-hybridized carbons (Fsp3) is 0.280. The number of ether oxygens (including phenoxy) is 1. The predicted octanol–water partition coefficient (Wildman–Crippen LogP) is 4.18. The number of rotatable bonds is 7. The Bertz CT molecular complexity index is 1160. The topological polar surface area (TPSA) is 83.3 Å². The summed E-state index contributed by atoms with van der Waals surface area (Å²) in [5, 5.41) is 8.90.